The van der Waals surface area contributed by atoms with Gasteiger partial charge in [-0.15, -0.1) is 0 Å². The van der Waals surface area contributed by atoms with Gasteiger partial charge in [0.25, 0.3) is 5.91 Å². The summed E-state index contributed by atoms with van der Waals surface area (Å²) in [6.07, 6.45) is 1.90. The summed E-state index contributed by atoms with van der Waals surface area (Å²) in [5, 5.41) is 2.80. The van der Waals surface area contributed by atoms with Crippen molar-refractivity contribution in [2.45, 2.75) is 18.9 Å². The number of amides is 3. The summed E-state index contributed by atoms with van der Waals surface area (Å²) in [5.74, 6) is 0.0438. The third-order valence-electron chi connectivity index (χ3n) is 5.72. The summed E-state index contributed by atoms with van der Waals surface area (Å²) in [6.45, 7) is 2.76. The Morgan fingerprint density at radius 1 is 1.04 bits per heavy atom. The molecule has 28 heavy (non-hydrogen) atoms. The van der Waals surface area contributed by atoms with Crippen LogP contribution in [0.1, 0.15) is 23.2 Å². The van der Waals surface area contributed by atoms with Gasteiger partial charge >= 0.3 is 6.03 Å². The maximum atomic E-state index is 13.0. The van der Waals surface area contributed by atoms with E-state index in [0.717, 1.165) is 31.6 Å². The predicted octanol–water partition coefficient (Wildman–Crippen LogP) is 2.96. The van der Waals surface area contributed by atoms with Gasteiger partial charge in [0, 0.05) is 56.2 Å². The minimum Gasteiger partial charge on any atom is -0.371 e. The fourth-order valence-electron chi connectivity index (χ4n) is 4.04. The van der Waals surface area contributed by atoms with E-state index >= 15 is 0 Å². The predicted molar refractivity (Wildman–Crippen MR) is 111 cm³/mol. The normalized spacial score (nSPS) is 17.5. The van der Waals surface area contributed by atoms with Gasteiger partial charge < -0.3 is 15.1 Å². The number of likely N-dealkylation sites (tertiary alicyclic amines) is 1. The molecule has 2 fully saturated rings. The highest BCUT2D eigenvalue weighted by atomic mass is 16.2. The SMILES string of the molecule is CN(c1ccccc1)C1CCN(C(=O)c2cccc(N3CCNC3=O)c2)CC1. The number of hydrogen-bond acceptors (Lipinski definition) is 3. The Hall–Kier alpha value is -3.02. The first-order valence-corrected chi connectivity index (χ1v) is 9.86. The highest BCUT2D eigenvalue weighted by Crippen LogP contribution is 2.24. The molecule has 6 nitrogen and oxygen atoms in total. The maximum Gasteiger partial charge on any atom is 0.321 e. The van der Waals surface area contributed by atoms with E-state index in [1.165, 1.54) is 5.69 Å². The molecule has 2 heterocycles. The van der Waals surface area contributed by atoms with Crippen molar-refractivity contribution in [1.82, 2.24) is 10.2 Å². The zero-order valence-electron chi connectivity index (χ0n) is 16.2. The van der Waals surface area contributed by atoms with Gasteiger partial charge in [0.1, 0.15) is 0 Å². The molecular formula is C22H26N4O2. The van der Waals surface area contributed by atoms with Crippen molar-refractivity contribution >= 4 is 23.3 Å². The lowest BCUT2D eigenvalue weighted by atomic mass is 10.0. The van der Waals surface area contributed by atoms with E-state index in [9.17, 15) is 9.59 Å². The van der Waals surface area contributed by atoms with Gasteiger partial charge in [-0.05, 0) is 43.2 Å². The third-order valence-corrected chi connectivity index (χ3v) is 5.72. The van der Waals surface area contributed by atoms with Crippen LogP contribution in [-0.4, -0.2) is 56.1 Å². The van der Waals surface area contributed by atoms with Crippen LogP contribution < -0.4 is 15.1 Å². The van der Waals surface area contributed by atoms with Crippen LogP contribution in [-0.2, 0) is 0 Å². The molecule has 3 amide bonds. The van der Waals surface area contributed by atoms with E-state index in [1.807, 2.05) is 35.2 Å². The minimum atomic E-state index is -0.102. The molecule has 0 atom stereocenters. The second-order valence-corrected chi connectivity index (χ2v) is 7.40. The molecule has 6 heteroatoms. The van der Waals surface area contributed by atoms with Crippen molar-refractivity contribution < 1.29 is 9.59 Å². The van der Waals surface area contributed by atoms with Crippen molar-refractivity contribution in [3.63, 3.8) is 0 Å². The van der Waals surface area contributed by atoms with Crippen LogP contribution in [0.5, 0.6) is 0 Å². The Morgan fingerprint density at radius 3 is 2.46 bits per heavy atom. The van der Waals surface area contributed by atoms with Gasteiger partial charge in [-0.2, -0.15) is 0 Å². The summed E-state index contributed by atoms with van der Waals surface area (Å²) < 4.78 is 0. The number of benzene rings is 2. The van der Waals surface area contributed by atoms with Crippen LogP contribution in [0, 0.1) is 0 Å². The molecule has 0 saturated carbocycles. The lowest BCUT2D eigenvalue weighted by Crippen LogP contribution is -2.45. The zero-order valence-corrected chi connectivity index (χ0v) is 16.2. The van der Waals surface area contributed by atoms with Crippen LogP contribution in [0.25, 0.3) is 0 Å². The van der Waals surface area contributed by atoms with Gasteiger partial charge in [-0.3, -0.25) is 9.69 Å². The van der Waals surface area contributed by atoms with E-state index < -0.39 is 0 Å². The average molecular weight is 378 g/mol. The first-order valence-electron chi connectivity index (χ1n) is 9.86. The highest BCUT2D eigenvalue weighted by Gasteiger charge is 2.27. The molecule has 1 N–H and O–H groups in total. The fourth-order valence-corrected chi connectivity index (χ4v) is 4.04. The van der Waals surface area contributed by atoms with Gasteiger partial charge in [0.15, 0.2) is 0 Å². The molecule has 2 saturated heterocycles. The van der Waals surface area contributed by atoms with Gasteiger partial charge in [-0.25, -0.2) is 4.79 Å². The second kappa shape index (κ2) is 7.92. The van der Waals surface area contributed by atoms with Gasteiger partial charge in [0.2, 0.25) is 0 Å². The summed E-state index contributed by atoms with van der Waals surface area (Å²) >= 11 is 0. The molecule has 146 valence electrons. The Balaban J connectivity index is 1.40. The number of rotatable bonds is 4. The molecule has 2 aromatic rings. The molecule has 0 aromatic heterocycles. The smallest absolute Gasteiger partial charge is 0.321 e. The number of nitrogens with zero attached hydrogens (tertiary/aromatic N) is 3. The first-order chi connectivity index (χ1) is 13.6. The Morgan fingerprint density at radius 2 is 1.79 bits per heavy atom. The van der Waals surface area contributed by atoms with Crippen LogP contribution in [0.4, 0.5) is 16.2 Å². The minimum absolute atomic E-state index is 0.0438. The highest BCUT2D eigenvalue weighted by molar-refractivity contribution is 5.98. The lowest BCUT2D eigenvalue weighted by Gasteiger charge is -2.38. The van der Waals surface area contributed by atoms with Crippen LogP contribution in [0.2, 0.25) is 0 Å². The summed E-state index contributed by atoms with van der Waals surface area (Å²) in [5.41, 5.74) is 2.63. The number of hydrogen-bond donors (Lipinski definition) is 1. The van der Waals surface area contributed by atoms with Crippen LogP contribution >= 0.6 is 0 Å². The van der Waals surface area contributed by atoms with Crippen molar-refractivity contribution in [3.8, 4) is 0 Å². The largest absolute Gasteiger partial charge is 0.371 e. The number of carbonyl (C=O) groups is 2. The second-order valence-electron chi connectivity index (χ2n) is 7.40. The molecule has 0 aliphatic carbocycles. The standard InChI is InChI=1S/C22H26N4O2/c1-24(18-7-3-2-4-8-18)19-10-13-25(14-11-19)21(27)17-6-5-9-20(16-17)26-15-12-23-22(26)28/h2-9,16,19H,10-15H2,1H3,(H,23,28). The number of piperidine rings is 1. The molecule has 0 radical (unpaired) electrons. The third kappa shape index (κ3) is 3.67. The average Bonchev–Trinajstić information content (AvgIpc) is 3.19. The molecular weight excluding hydrogens is 352 g/mol. The number of urea groups is 1. The van der Waals surface area contributed by atoms with Crippen LogP contribution in [0.15, 0.2) is 54.6 Å². The molecule has 4 rings (SSSR count). The quantitative estimate of drug-likeness (QED) is 0.890. The molecule has 2 aliphatic heterocycles. The van der Waals surface area contributed by atoms with Crippen molar-refractivity contribution in [3.05, 3.63) is 60.2 Å². The van der Waals surface area contributed by atoms with Gasteiger partial charge in [-0.1, -0.05) is 24.3 Å². The van der Waals surface area contributed by atoms with Gasteiger partial charge in [0.05, 0.1) is 0 Å². The monoisotopic (exact) mass is 378 g/mol. The Labute approximate surface area is 165 Å². The number of nitrogens with one attached hydrogen (secondary N) is 1. The number of para-hydroxylation sites is 1. The Bertz CT molecular complexity index is 847. The van der Waals surface area contributed by atoms with Crippen molar-refractivity contribution in [2.24, 2.45) is 0 Å². The van der Waals surface area contributed by atoms with Crippen LogP contribution in [0.3, 0.4) is 0 Å². The molecule has 0 unspecified atom stereocenters. The number of anilines is 2. The van der Waals surface area contributed by atoms with E-state index in [2.05, 4.69) is 41.5 Å². The molecule has 2 aliphatic rings. The molecule has 2 aromatic carbocycles. The zero-order chi connectivity index (χ0) is 19.5. The number of carbonyl (C=O) groups excluding carboxylic acids is 2. The van der Waals surface area contributed by atoms with E-state index in [1.54, 1.807) is 4.90 Å². The maximum absolute atomic E-state index is 13.0. The van der Waals surface area contributed by atoms with E-state index in [-0.39, 0.29) is 11.9 Å². The van der Waals surface area contributed by atoms with E-state index in [0.29, 0.717) is 24.7 Å². The summed E-state index contributed by atoms with van der Waals surface area (Å²) in [7, 11) is 2.13. The van der Waals surface area contributed by atoms with Crippen molar-refractivity contribution in [1.29, 1.82) is 0 Å². The van der Waals surface area contributed by atoms with Crippen molar-refractivity contribution in [2.75, 3.05) is 43.0 Å². The Kier molecular flexibility index (Phi) is 5.19. The topological polar surface area (TPSA) is 55.9 Å². The molecule has 0 spiro atoms. The first kappa shape index (κ1) is 18.3. The lowest BCUT2D eigenvalue weighted by molar-refractivity contribution is 0.0713. The molecule has 0 bridgehead atoms. The fraction of sp³-hybridized carbons (Fsp3) is 0.364. The summed E-state index contributed by atoms with van der Waals surface area (Å²) in [6, 6.07) is 18.1. The summed E-state index contributed by atoms with van der Waals surface area (Å²) in [4.78, 5) is 30.8. The van der Waals surface area contributed by atoms with E-state index in [4.69, 9.17) is 0 Å².